The van der Waals surface area contributed by atoms with Crippen molar-refractivity contribution in [3.8, 4) is 0 Å². The lowest BCUT2D eigenvalue weighted by Gasteiger charge is -2.23. The highest BCUT2D eigenvalue weighted by Crippen LogP contribution is 2.27. The van der Waals surface area contributed by atoms with Crippen molar-refractivity contribution in [1.82, 2.24) is 0 Å². The second-order valence-electron chi connectivity index (χ2n) is 4.38. The van der Waals surface area contributed by atoms with Crippen molar-refractivity contribution >= 4 is 23.2 Å². The van der Waals surface area contributed by atoms with Crippen LogP contribution in [-0.2, 0) is 6.42 Å². The second kappa shape index (κ2) is 5.77. The predicted octanol–water partition coefficient (Wildman–Crippen LogP) is 4.78. The van der Waals surface area contributed by atoms with Gasteiger partial charge in [-0.1, -0.05) is 43.6 Å². The van der Waals surface area contributed by atoms with Crippen molar-refractivity contribution in [2.24, 2.45) is 11.8 Å². The van der Waals surface area contributed by atoms with Gasteiger partial charge in [-0.2, -0.15) is 0 Å². The van der Waals surface area contributed by atoms with Gasteiger partial charge < -0.3 is 0 Å². The number of benzene rings is 1. The number of rotatable bonds is 4. The second-order valence-corrected chi connectivity index (χ2v) is 5.48. The lowest BCUT2D eigenvalue weighted by molar-refractivity contribution is 0.376. The Labute approximate surface area is 103 Å². The molecule has 0 amide bonds. The summed E-state index contributed by atoms with van der Waals surface area (Å²) in [4.78, 5) is 0. The molecule has 0 fully saturated rings. The summed E-state index contributed by atoms with van der Waals surface area (Å²) in [6, 6.07) is 8.00. The first-order valence-corrected chi connectivity index (χ1v) is 6.21. The Morgan fingerprint density at radius 1 is 1.13 bits per heavy atom. The highest BCUT2D eigenvalue weighted by Gasteiger charge is 2.20. The molecule has 2 unspecified atom stereocenters. The average molecular weight is 245 g/mol. The molecule has 2 heteroatoms. The van der Waals surface area contributed by atoms with E-state index in [4.69, 9.17) is 23.2 Å². The first-order valence-electron chi connectivity index (χ1n) is 5.40. The van der Waals surface area contributed by atoms with Gasteiger partial charge in [-0.05, 0) is 36.8 Å². The van der Waals surface area contributed by atoms with Crippen LogP contribution in [0.5, 0.6) is 0 Å². The van der Waals surface area contributed by atoms with Crippen molar-refractivity contribution < 1.29 is 0 Å². The predicted molar refractivity (Wildman–Crippen MR) is 68.8 cm³/mol. The standard InChI is InChI=1S/C13H18Cl2/c1-9(2)12(10(3)14)8-11-6-4-5-7-13(11)15/h4-7,9-10,12H,8H2,1-3H3. The van der Waals surface area contributed by atoms with Crippen LogP contribution < -0.4 is 0 Å². The Morgan fingerprint density at radius 2 is 1.73 bits per heavy atom. The summed E-state index contributed by atoms with van der Waals surface area (Å²) in [6.07, 6.45) is 0.960. The number of halogens is 2. The molecule has 0 nitrogen and oxygen atoms in total. The van der Waals surface area contributed by atoms with Crippen molar-refractivity contribution in [2.45, 2.75) is 32.6 Å². The van der Waals surface area contributed by atoms with E-state index in [0.29, 0.717) is 11.8 Å². The lowest BCUT2D eigenvalue weighted by Crippen LogP contribution is -2.20. The zero-order chi connectivity index (χ0) is 11.4. The van der Waals surface area contributed by atoms with Gasteiger partial charge in [-0.3, -0.25) is 0 Å². The van der Waals surface area contributed by atoms with E-state index in [1.165, 1.54) is 5.56 Å². The van der Waals surface area contributed by atoms with Gasteiger partial charge in [0, 0.05) is 10.4 Å². The summed E-state index contributed by atoms with van der Waals surface area (Å²) >= 11 is 12.3. The van der Waals surface area contributed by atoms with E-state index >= 15 is 0 Å². The molecule has 0 aliphatic carbocycles. The van der Waals surface area contributed by atoms with Crippen molar-refractivity contribution in [1.29, 1.82) is 0 Å². The van der Waals surface area contributed by atoms with E-state index in [1.807, 2.05) is 18.2 Å². The molecule has 0 saturated heterocycles. The zero-order valence-corrected chi connectivity index (χ0v) is 11.0. The molecular formula is C13H18Cl2. The largest absolute Gasteiger partial charge is 0.123 e. The number of alkyl halides is 1. The van der Waals surface area contributed by atoms with Gasteiger partial charge in [0.1, 0.15) is 0 Å². The molecule has 0 bridgehead atoms. The van der Waals surface area contributed by atoms with E-state index in [0.717, 1.165) is 11.4 Å². The van der Waals surface area contributed by atoms with Gasteiger partial charge in [0.2, 0.25) is 0 Å². The molecule has 1 aromatic rings. The molecule has 0 aliphatic rings. The van der Waals surface area contributed by atoms with Gasteiger partial charge in [-0.25, -0.2) is 0 Å². The van der Waals surface area contributed by atoms with Crippen LogP contribution in [0.3, 0.4) is 0 Å². The molecule has 1 aromatic carbocycles. The minimum Gasteiger partial charge on any atom is -0.123 e. The van der Waals surface area contributed by atoms with Crippen LogP contribution in [0.25, 0.3) is 0 Å². The Morgan fingerprint density at radius 3 is 2.20 bits per heavy atom. The molecule has 2 atom stereocenters. The van der Waals surface area contributed by atoms with E-state index in [-0.39, 0.29) is 5.38 Å². The minimum atomic E-state index is 0.182. The minimum absolute atomic E-state index is 0.182. The molecule has 0 aromatic heterocycles. The summed E-state index contributed by atoms with van der Waals surface area (Å²) in [6.45, 7) is 6.48. The average Bonchev–Trinajstić information content (AvgIpc) is 2.15. The fraction of sp³-hybridized carbons (Fsp3) is 0.538. The monoisotopic (exact) mass is 244 g/mol. The van der Waals surface area contributed by atoms with Crippen LogP contribution in [-0.4, -0.2) is 5.38 Å². The molecule has 0 heterocycles. The summed E-state index contributed by atoms with van der Waals surface area (Å²) in [7, 11) is 0. The summed E-state index contributed by atoms with van der Waals surface area (Å²) in [5, 5.41) is 1.03. The van der Waals surface area contributed by atoms with E-state index < -0.39 is 0 Å². The van der Waals surface area contributed by atoms with Crippen LogP contribution >= 0.6 is 23.2 Å². The maximum Gasteiger partial charge on any atom is 0.0438 e. The molecule has 0 aliphatic heterocycles. The number of hydrogen-bond donors (Lipinski definition) is 0. The van der Waals surface area contributed by atoms with Gasteiger partial charge >= 0.3 is 0 Å². The van der Waals surface area contributed by atoms with Crippen LogP contribution in [0.2, 0.25) is 5.02 Å². The fourth-order valence-corrected chi connectivity index (χ4v) is 2.44. The van der Waals surface area contributed by atoms with Gasteiger partial charge in [-0.15, -0.1) is 11.6 Å². The third-order valence-electron chi connectivity index (χ3n) is 2.86. The van der Waals surface area contributed by atoms with E-state index in [2.05, 4.69) is 26.8 Å². The van der Waals surface area contributed by atoms with E-state index in [1.54, 1.807) is 0 Å². The Kier molecular flexibility index (Phi) is 4.95. The Balaban J connectivity index is 2.79. The molecule has 0 saturated carbocycles. The lowest BCUT2D eigenvalue weighted by atomic mass is 9.87. The molecule has 15 heavy (non-hydrogen) atoms. The van der Waals surface area contributed by atoms with Crippen LogP contribution in [0.1, 0.15) is 26.3 Å². The molecule has 1 rings (SSSR count). The maximum absolute atomic E-state index is 6.20. The van der Waals surface area contributed by atoms with Crippen LogP contribution in [0, 0.1) is 11.8 Å². The fourth-order valence-electron chi connectivity index (χ4n) is 1.85. The van der Waals surface area contributed by atoms with Crippen molar-refractivity contribution in [3.05, 3.63) is 34.9 Å². The Bertz CT molecular complexity index is 297. The molecule has 84 valence electrons. The summed E-state index contributed by atoms with van der Waals surface area (Å²) in [5.41, 5.74) is 1.20. The third-order valence-corrected chi connectivity index (χ3v) is 3.55. The van der Waals surface area contributed by atoms with Gasteiger partial charge in [0.25, 0.3) is 0 Å². The normalized spacial score (nSPS) is 15.3. The Hall–Kier alpha value is -0.200. The van der Waals surface area contributed by atoms with E-state index in [9.17, 15) is 0 Å². The van der Waals surface area contributed by atoms with Crippen LogP contribution in [0.4, 0.5) is 0 Å². The quantitative estimate of drug-likeness (QED) is 0.669. The first kappa shape index (κ1) is 12.9. The van der Waals surface area contributed by atoms with Crippen LogP contribution in [0.15, 0.2) is 24.3 Å². The topological polar surface area (TPSA) is 0 Å². The molecule has 0 spiro atoms. The summed E-state index contributed by atoms with van der Waals surface area (Å²) < 4.78 is 0. The third kappa shape index (κ3) is 3.70. The molecule has 0 N–H and O–H groups in total. The van der Waals surface area contributed by atoms with Gasteiger partial charge in [0.05, 0.1) is 0 Å². The van der Waals surface area contributed by atoms with Gasteiger partial charge in [0.15, 0.2) is 0 Å². The highest BCUT2D eigenvalue weighted by molar-refractivity contribution is 6.31. The highest BCUT2D eigenvalue weighted by atomic mass is 35.5. The smallest absolute Gasteiger partial charge is 0.0438 e. The molecular weight excluding hydrogens is 227 g/mol. The van der Waals surface area contributed by atoms with Crippen molar-refractivity contribution in [2.75, 3.05) is 0 Å². The maximum atomic E-state index is 6.20. The van der Waals surface area contributed by atoms with Crippen molar-refractivity contribution in [3.63, 3.8) is 0 Å². The first-order chi connectivity index (χ1) is 7.02. The SMILES string of the molecule is CC(C)C(Cc1ccccc1Cl)C(C)Cl. The zero-order valence-electron chi connectivity index (χ0n) is 9.50. The number of hydrogen-bond acceptors (Lipinski definition) is 0. The summed E-state index contributed by atoms with van der Waals surface area (Å²) in [5.74, 6) is 1.06. The molecule has 0 radical (unpaired) electrons.